The van der Waals surface area contributed by atoms with Gasteiger partial charge in [-0.2, -0.15) is 5.10 Å². The minimum Gasteiger partial charge on any atom is -0.494 e. The molecule has 0 bridgehead atoms. The number of rotatable bonds is 7. The van der Waals surface area contributed by atoms with Gasteiger partial charge in [-0.25, -0.2) is 10.4 Å². The van der Waals surface area contributed by atoms with E-state index in [9.17, 15) is 4.79 Å². The highest BCUT2D eigenvalue weighted by atomic mass is 32.1. The number of amides is 1. The molecule has 0 spiro atoms. The average Bonchev–Trinajstić information content (AvgIpc) is 3.12. The van der Waals surface area contributed by atoms with Crippen LogP contribution in [0.2, 0.25) is 0 Å². The Bertz CT molecular complexity index is 874. The number of carbonyl (C=O) groups excluding carboxylic acids is 1. The standard InChI is InChI=1S/C20H19N3O2S/c1-2-25-17-10-8-15(9-11-17)13-21-23-19(24)12-20-22-18(14-26-20)16-6-4-3-5-7-16/h3-11,13-14H,2,12H2,1H3,(H,23,24)/b21-13-. The topological polar surface area (TPSA) is 63.6 Å². The number of hydrogen-bond acceptors (Lipinski definition) is 5. The van der Waals surface area contributed by atoms with Gasteiger partial charge in [-0.1, -0.05) is 30.3 Å². The Morgan fingerprint density at radius 3 is 2.69 bits per heavy atom. The number of aromatic nitrogens is 1. The van der Waals surface area contributed by atoms with E-state index in [0.717, 1.165) is 27.6 Å². The van der Waals surface area contributed by atoms with Gasteiger partial charge < -0.3 is 4.74 Å². The molecule has 0 saturated heterocycles. The Balaban J connectivity index is 1.52. The number of ether oxygens (including phenoxy) is 1. The Morgan fingerprint density at radius 1 is 1.19 bits per heavy atom. The van der Waals surface area contributed by atoms with Gasteiger partial charge in [0.2, 0.25) is 5.91 Å². The van der Waals surface area contributed by atoms with Crippen molar-refractivity contribution in [2.75, 3.05) is 6.61 Å². The maximum absolute atomic E-state index is 12.0. The molecule has 26 heavy (non-hydrogen) atoms. The van der Waals surface area contributed by atoms with Crippen LogP contribution in [0.25, 0.3) is 11.3 Å². The van der Waals surface area contributed by atoms with Crippen LogP contribution in [0.3, 0.4) is 0 Å². The van der Waals surface area contributed by atoms with Crippen molar-refractivity contribution in [1.29, 1.82) is 0 Å². The number of nitrogens with zero attached hydrogens (tertiary/aromatic N) is 2. The third kappa shape index (κ3) is 5.00. The lowest BCUT2D eigenvalue weighted by Gasteiger charge is -2.02. The maximum atomic E-state index is 12.0. The largest absolute Gasteiger partial charge is 0.494 e. The Morgan fingerprint density at radius 2 is 1.96 bits per heavy atom. The van der Waals surface area contributed by atoms with Crippen molar-refractivity contribution in [1.82, 2.24) is 10.4 Å². The fraction of sp³-hybridized carbons (Fsp3) is 0.150. The summed E-state index contributed by atoms with van der Waals surface area (Å²) < 4.78 is 5.38. The SMILES string of the molecule is CCOc1ccc(/C=N\NC(=O)Cc2nc(-c3ccccc3)cs2)cc1. The molecule has 0 saturated carbocycles. The van der Waals surface area contributed by atoms with Gasteiger partial charge in [-0.3, -0.25) is 4.79 Å². The summed E-state index contributed by atoms with van der Waals surface area (Å²) in [5, 5.41) is 6.71. The van der Waals surface area contributed by atoms with Gasteiger partial charge in [0.25, 0.3) is 0 Å². The molecule has 0 unspecified atom stereocenters. The van der Waals surface area contributed by atoms with E-state index in [1.807, 2.05) is 66.9 Å². The normalized spacial score (nSPS) is 10.8. The van der Waals surface area contributed by atoms with Crippen LogP contribution in [0.5, 0.6) is 5.75 Å². The van der Waals surface area contributed by atoms with Crippen LogP contribution >= 0.6 is 11.3 Å². The summed E-state index contributed by atoms with van der Waals surface area (Å²) in [5.74, 6) is 0.618. The van der Waals surface area contributed by atoms with Gasteiger partial charge in [-0.05, 0) is 36.8 Å². The van der Waals surface area contributed by atoms with E-state index < -0.39 is 0 Å². The van der Waals surface area contributed by atoms with Crippen molar-refractivity contribution in [3.8, 4) is 17.0 Å². The lowest BCUT2D eigenvalue weighted by atomic mass is 10.2. The van der Waals surface area contributed by atoms with Crippen molar-refractivity contribution in [3.05, 3.63) is 70.5 Å². The molecule has 1 amide bonds. The second kappa shape index (κ2) is 8.92. The summed E-state index contributed by atoms with van der Waals surface area (Å²) in [6.07, 6.45) is 1.81. The van der Waals surface area contributed by atoms with E-state index >= 15 is 0 Å². The molecular weight excluding hydrogens is 346 g/mol. The number of hydrogen-bond donors (Lipinski definition) is 1. The first-order valence-corrected chi connectivity index (χ1v) is 9.17. The molecule has 3 rings (SSSR count). The van der Waals surface area contributed by atoms with E-state index in [2.05, 4.69) is 15.5 Å². The molecule has 132 valence electrons. The minimum atomic E-state index is -0.193. The molecule has 6 heteroatoms. The predicted octanol–water partition coefficient (Wildman–Crippen LogP) is 3.90. The fourth-order valence-electron chi connectivity index (χ4n) is 2.31. The molecule has 0 aliphatic heterocycles. The summed E-state index contributed by atoms with van der Waals surface area (Å²) in [5.41, 5.74) is 5.35. The number of nitrogens with one attached hydrogen (secondary N) is 1. The van der Waals surface area contributed by atoms with Crippen molar-refractivity contribution < 1.29 is 9.53 Å². The second-order valence-electron chi connectivity index (χ2n) is 5.46. The number of carbonyl (C=O) groups is 1. The molecule has 1 aromatic heterocycles. The monoisotopic (exact) mass is 365 g/mol. The second-order valence-corrected chi connectivity index (χ2v) is 6.41. The molecule has 3 aromatic rings. The van der Waals surface area contributed by atoms with Crippen molar-refractivity contribution in [3.63, 3.8) is 0 Å². The molecule has 1 N–H and O–H groups in total. The first kappa shape index (κ1) is 17.8. The van der Waals surface area contributed by atoms with Crippen molar-refractivity contribution in [2.24, 2.45) is 5.10 Å². The van der Waals surface area contributed by atoms with Crippen molar-refractivity contribution in [2.45, 2.75) is 13.3 Å². The Labute approximate surface area is 156 Å². The van der Waals surface area contributed by atoms with Crippen LogP contribution in [0.1, 0.15) is 17.5 Å². The van der Waals surface area contributed by atoms with E-state index in [1.54, 1.807) is 6.21 Å². The summed E-state index contributed by atoms with van der Waals surface area (Å²) >= 11 is 1.47. The highest BCUT2D eigenvalue weighted by Gasteiger charge is 2.08. The van der Waals surface area contributed by atoms with Crippen LogP contribution in [0, 0.1) is 0 Å². The zero-order chi connectivity index (χ0) is 18.2. The Hall–Kier alpha value is -2.99. The van der Waals surface area contributed by atoms with Gasteiger partial charge in [0.15, 0.2) is 0 Å². The Kier molecular flexibility index (Phi) is 6.11. The van der Waals surface area contributed by atoms with Crippen LogP contribution in [-0.2, 0) is 11.2 Å². The molecule has 1 heterocycles. The average molecular weight is 365 g/mol. The molecule has 0 aliphatic carbocycles. The van der Waals surface area contributed by atoms with Crippen molar-refractivity contribution >= 4 is 23.5 Å². The molecule has 2 aromatic carbocycles. The predicted molar refractivity (Wildman–Crippen MR) is 105 cm³/mol. The van der Waals surface area contributed by atoms with Crippen LogP contribution in [0.4, 0.5) is 0 Å². The third-order valence-corrected chi connectivity index (χ3v) is 4.38. The fourth-order valence-corrected chi connectivity index (χ4v) is 3.11. The quantitative estimate of drug-likeness (QED) is 0.510. The third-order valence-electron chi connectivity index (χ3n) is 3.53. The van der Waals surface area contributed by atoms with E-state index in [0.29, 0.717) is 6.61 Å². The zero-order valence-electron chi connectivity index (χ0n) is 14.4. The van der Waals surface area contributed by atoms with E-state index in [4.69, 9.17) is 4.74 Å². The van der Waals surface area contributed by atoms with Crippen LogP contribution in [-0.4, -0.2) is 23.7 Å². The highest BCUT2D eigenvalue weighted by molar-refractivity contribution is 7.10. The lowest BCUT2D eigenvalue weighted by molar-refractivity contribution is -0.120. The number of benzene rings is 2. The molecule has 0 atom stereocenters. The first-order chi connectivity index (χ1) is 12.7. The summed E-state index contributed by atoms with van der Waals surface area (Å²) in [6, 6.07) is 17.4. The van der Waals surface area contributed by atoms with E-state index in [-0.39, 0.29) is 12.3 Å². The maximum Gasteiger partial charge on any atom is 0.246 e. The van der Waals surface area contributed by atoms with Gasteiger partial charge in [0, 0.05) is 10.9 Å². The smallest absolute Gasteiger partial charge is 0.246 e. The molecular formula is C20H19N3O2S. The van der Waals surface area contributed by atoms with Gasteiger partial charge >= 0.3 is 0 Å². The van der Waals surface area contributed by atoms with Crippen LogP contribution in [0.15, 0.2) is 65.1 Å². The lowest BCUT2D eigenvalue weighted by Crippen LogP contribution is -2.19. The zero-order valence-corrected chi connectivity index (χ0v) is 15.2. The van der Waals surface area contributed by atoms with Gasteiger partial charge in [0.1, 0.15) is 10.8 Å². The van der Waals surface area contributed by atoms with Crippen LogP contribution < -0.4 is 10.2 Å². The summed E-state index contributed by atoms with van der Waals surface area (Å²) in [6.45, 7) is 2.57. The molecule has 0 aliphatic rings. The summed E-state index contributed by atoms with van der Waals surface area (Å²) in [4.78, 5) is 16.5. The minimum absolute atomic E-state index is 0.193. The van der Waals surface area contributed by atoms with Gasteiger partial charge in [-0.15, -0.1) is 11.3 Å². The molecule has 0 radical (unpaired) electrons. The van der Waals surface area contributed by atoms with E-state index in [1.165, 1.54) is 11.3 Å². The summed E-state index contributed by atoms with van der Waals surface area (Å²) in [7, 11) is 0. The number of hydrazone groups is 1. The van der Waals surface area contributed by atoms with Gasteiger partial charge in [0.05, 0.1) is 24.9 Å². The first-order valence-electron chi connectivity index (χ1n) is 8.29. The number of thiazole rings is 1. The highest BCUT2D eigenvalue weighted by Crippen LogP contribution is 2.21. The molecule has 0 fully saturated rings. The molecule has 5 nitrogen and oxygen atoms in total.